The Morgan fingerprint density at radius 3 is 2.52 bits per heavy atom. The maximum Gasteiger partial charge on any atom is 0.490 e. The zero-order valence-corrected chi connectivity index (χ0v) is 12.2. The third kappa shape index (κ3) is 4.63. The molecule has 1 heterocycles. The van der Waals surface area contributed by atoms with E-state index in [1.165, 1.54) is 12.3 Å². The van der Waals surface area contributed by atoms with Crippen LogP contribution < -0.4 is 14.9 Å². The summed E-state index contributed by atoms with van der Waals surface area (Å²) < 4.78 is 10.9. The molecule has 0 aliphatic heterocycles. The van der Waals surface area contributed by atoms with Gasteiger partial charge in [-0.05, 0) is 30.7 Å². The first-order valence-corrected chi connectivity index (χ1v) is 6.78. The number of pyridine rings is 1. The molecule has 0 atom stereocenters. The van der Waals surface area contributed by atoms with Crippen molar-refractivity contribution in [3.8, 4) is 11.6 Å². The normalized spacial score (nSPS) is 10.3. The molecule has 0 spiro atoms. The van der Waals surface area contributed by atoms with Crippen LogP contribution in [0.25, 0.3) is 0 Å². The number of aromatic nitrogens is 1. The van der Waals surface area contributed by atoms with Crippen LogP contribution in [0.2, 0.25) is 5.02 Å². The van der Waals surface area contributed by atoms with Crippen LogP contribution in [0.15, 0.2) is 36.5 Å². The lowest BCUT2D eigenvalue weighted by molar-refractivity contribution is 0.212. The Morgan fingerprint density at radius 1 is 1.14 bits per heavy atom. The van der Waals surface area contributed by atoms with E-state index in [1.807, 2.05) is 25.1 Å². The molecule has 0 saturated carbocycles. The highest BCUT2D eigenvalue weighted by Gasteiger charge is 2.10. The van der Waals surface area contributed by atoms with Crippen molar-refractivity contribution in [2.75, 3.05) is 13.2 Å². The fourth-order valence-electron chi connectivity index (χ4n) is 1.65. The summed E-state index contributed by atoms with van der Waals surface area (Å²) in [5, 5.41) is 18.4. The van der Waals surface area contributed by atoms with Gasteiger partial charge in [-0.3, -0.25) is 0 Å². The maximum atomic E-state index is 8.94. The van der Waals surface area contributed by atoms with Gasteiger partial charge in [0.25, 0.3) is 0 Å². The molecule has 21 heavy (non-hydrogen) atoms. The van der Waals surface area contributed by atoms with E-state index in [9.17, 15) is 0 Å². The second-order valence-electron chi connectivity index (χ2n) is 4.43. The number of rotatable bonds is 6. The van der Waals surface area contributed by atoms with Crippen LogP contribution in [0, 0.1) is 6.92 Å². The van der Waals surface area contributed by atoms with Gasteiger partial charge in [-0.2, -0.15) is 0 Å². The first kappa shape index (κ1) is 15.6. The van der Waals surface area contributed by atoms with Gasteiger partial charge in [-0.1, -0.05) is 23.7 Å². The van der Waals surface area contributed by atoms with Gasteiger partial charge in [0.1, 0.15) is 19.0 Å². The molecule has 0 aliphatic rings. The summed E-state index contributed by atoms with van der Waals surface area (Å²) in [7, 11) is -1.53. The summed E-state index contributed by atoms with van der Waals surface area (Å²) in [5.74, 6) is 0.996. The highest BCUT2D eigenvalue weighted by Crippen LogP contribution is 2.24. The van der Waals surface area contributed by atoms with E-state index in [0.29, 0.717) is 35.3 Å². The van der Waals surface area contributed by atoms with Crippen LogP contribution in [-0.2, 0) is 0 Å². The Kier molecular flexibility index (Phi) is 5.44. The van der Waals surface area contributed by atoms with Gasteiger partial charge in [-0.15, -0.1) is 0 Å². The molecule has 0 aliphatic carbocycles. The number of nitrogens with zero attached hydrogens (tertiary/aromatic N) is 1. The third-order valence-corrected chi connectivity index (χ3v) is 3.03. The van der Waals surface area contributed by atoms with E-state index in [2.05, 4.69) is 4.98 Å². The fraction of sp³-hybridized carbons (Fsp3) is 0.214. The van der Waals surface area contributed by atoms with Crippen molar-refractivity contribution in [1.29, 1.82) is 0 Å². The van der Waals surface area contributed by atoms with Gasteiger partial charge in [0.15, 0.2) is 0 Å². The van der Waals surface area contributed by atoms with Gasteiger partial charge in [0.05, 0.1) is 5.02 Å². The van der Waals surface area contributed by atoms with Gasteiger partial charge >= 0.3 is 7.12 Å². The lowest BCUT2D eigenvalue weighted by Gasteiger charge is -2.09. The molecule has 0 unspecified atom stereocenters. The summed E-state index contributed by atoms with van der Waals surface area (Å²) in [6.07, 6.45) is 1.34. The van der Waals surface area contributed by atoms with Crippen LogP contribution in [0.1, 0.15) is 5.56 Å². The van der Waals surface area contributed by atoms with Crippen molar-refractivity contribution in [3.05, 3.63) is 47.1 Å². The van der Waals surface area contributed by atoms with Crippen molar-refractivity contribution in [2.45, 2.75) is 6.92 Å². The van der Waals surface area contributed by atoms with Crippen LogP contribution in [0.3, 0.4) is 0 Å². The molecule has 2 N–H and O–H groups in total. The van der Waals surface area contributed by atoms with Gasteiger partial charge in [0, 0.05) is 11.7 Å². The smallest absolute Gasteiger partial charge is 0.488 e. The maximum absolute atomic E-state index is 8.94. The summed E-state index contributed by atoms with van der Waals surface area (Å²) in [4.78, 5) is 3.95. The molecule has 110 valence electrons. The van der Waals surface area contributed by atoms with Crippen molar-refractivity contribution >= 4 is 24.2 Å². The van der Waals surface area contributed by atoms with Gasteiger partial charge < -0.3 is 19.5 Å². The van der Waals surface area contributed by atoms with Crippen LogP contribution in [0.5, 0.6) is 11.6 Å². The quantitative estimate of drug-likeness (QED) is 0.619. The first-order valence-electron chi connectivity index (χ1n) is 6.40. The molecule has 0 bridgehead atoms. The highest BCUT2D eigenvalue weighted by atomic mass is 35.5. The Morgan fingerprint density at radius 2 is 1.90 bits per heavy atom. The summed E-state index contributed by atoms with van der Waals surface area (Å²) in [6, 6.07) is 8.66. The lowest BCUT2D eigenvalue weighted by atomic mass is 9.82. The zero-order valence-electron chi connectivity index (χ0n) is 11.5. The molecular weight excluding hydrogens is 292 g/mol. The molecule has 1 aromatic heterocycles. The molecule has 0 fully saturated rings. The minimum atomic E-state index is -1.53. The molecule has 0 saturated heterocycles. The van der Waals surface area contributed by atoms with E-state index in [4.69, 9.17) is 31.1 Å². The van der Waals surface area contributed by atoms with E-state index in [0.717, 1.165) is 5.56 Å². The summed E-state index contributed by atoms with van der Waals surface area (Å²) in [6.45, 7) is 2.59. The fourth-order valence-corrected chi connectivity index (χ4v) is 1.94. The van der Waals surface area contributed by atoms with Crippen LogP contribution in [0.4, 0.5) is 0 Å². The Bertz CT molecular complexity index is 592. The predicted molar refractivity (Wildman–Crippen MR) is 81.2 cm³/mol. The molecule has 0 amide bonds. The number of benzene rings is 1. The number of hydrogen-bond donors (Lipinski definition) is 2. The average molecular weight is 308 g/mol. The zero-order chi connectivity index (χ0) is 15.2. The minimum Gasteiger partial charge on any atom is -0.488 e. The van der Waals surface area contributed by atoms with Crippen LogP contribution >= 0.6 is 11.6 Å². The van der Waals surface area contributed by atoms with Gasteiger partial charge in [0.2, 0.25) is 5.88 Å². The van der Waals surface area contributed by atoms with Gasteiger partial charge in [-0.25, -0.2) is 4.98 Å². The second kappa shape index (κ2) is 7.31. The molecule has 7 heteroatoms. The van der Waals surface area contributed by atoms with E-state index in [-0.39, 0.29) is 0 Å². The first-order chi connectivity index (χ1) is 10.1. The molecule has 0 radical (unpaired) electrons. The van der Waals surface area contributed by atoms with Crippen molar-refractivity contribution < 1.29 is 19.5 Å². The van der Waals surface area contributed by atoms with E-state index >= 15 is 0 Å². The Labute approximate surface area is 128 Å². The molecule has 1 aromatic carbocycles. The number of halogens is 1. The number of ether oxygens (including phenoxy) is 2. The minimum absolute atomic E-state index is 0.304. The molecule has 2 aromatic rings. The number of hydrogen-bond acceptors (Lipinski definition) is 5. The third-order valence-electron chi connectivity index (χ3n) is 2.74. The molecule has 2 rings (SSSR count). The van der Waals surface area contributed by atoms with Crippen molar-refractivity contribution in [3.63, 3.8) is 0 Å². The molecular formula is C14H15BClNO4. The second-order valence-corrected chi connectivity index (χ2v) is 4.84. The number of aryl methyl sites for hydroxylation is 1. The van der Waals surface area contributed by atoms with Crippen LogP contribution in [-0.4, -0.2) is 35.4 Å². The Balaban J connectivity index is 1.79. The molecule has 5 nitrogen and oxygen atoms in total. The predicted octanol–water partition coefficient (Wildman–Crippen LogP) is 1.18. The van der Waals surface area contributed by atoms with E-state index < -0.39 is 7.12 Å². The summed E-state index contributed by atoms with van der Waals surface area (Å²) in [5.41, 5.74) is 1.38. The Hall–Kier alpha value is -1.76. The van der Waals surface area contributed by atoms with E-state index in [1.54, 1.807) is 6.07 Å². The standard InChI is InChI=1S/C14H15BClNO4/c1-10-2-4-13(12(16)8-10)20-6-7-21-14-5-3-11(9-17-14)15(18)19/h2-5,8-9,18-19H,6-7H2,1H3. The largest absolute Gasteiger partial charge is 0.490 e. The average Bonchev–Trinajstić information content (AvgIpc) is 2.46. The van der Waals surface area contributed by atoms with Crippen molar-refractivity contribution in [2.24, 2.45) is 0 Å². The monoisotopic (exact) mass is 307 g/mol. The van der Waals surface area contributed by atoms with Crippen molar-refractivity contribution in [1.82, 2.24) is 4.98 Å². The topological polar surface area (TPSA) is 71.8 Å². The lowest BCUT2D eigenvalue weighted by Crippen LogP contribution is -2.29. The summed E-state index contributed by atoms with van der Waals surface area (Å²) >= 11 is 6.05. The highest BCUT2D eigenvalue weighted by molar-refractivity contribution is 6.58. The SMILES string of the molecule is Cc1ccc(OCCOc2ccc(B(O)O)cn2)c(Cl)c1.